The van der Waals surface area contributed by atoms with Gasteiger partial charge in [0.2, 0.25) is 0 Å². The van der Waals surface area contributed by atoms with Crippen molar-refractivity contribution in [3.63, 3.8) is 0 Å². The topological polar surface area (TPSA) is 36.4 Å². The molecule has 0 saturated heterocycles. The van der Waals surface area contributed by atoms with Gasteiger partial charge in [0.25, 0.3) is 0 Å². The summed E-state index contributed by atoms with van der Waals surface area (Å²) in [5, 5.41) is 10.9. The Morgan fingerprint density at radius 2 is 2.18 bits per heavy atom. The van der Waals surface area contributed by atoms with E-state index in [0.29, 0.717) is 0 Å². The molecule has 0 bridgehead atoms. The first-order valence-corrected chi connectivity index (χ1v) is 7.26. The Morgan fingerprint density at radius 3 is 2.82 bits per heavy atom. The van der Waals surface area contributed by atoms with E-state index in [1.54, 1.807) is 11.3 Å². The van der Waals surface area contributed by atoms with Crippen LogP contribution in [0, 0.1) is 0 Å². The molecule has 0 amide bonds. The molecule has 0 spiro atoms. The SMILES string of the molecule is CCCCCCNC(=NC)NCc1ccsc1. The summed E-state index contributed by atoms with van der Waals surface area (Å²) in [4.78, 5) is 4.20. The Hall–Kier alpha value is -1.03. The van der Waals surface area contributed by atoms with Gasteiger partial charge in [0.1, 0.15) is 0 Å². The number of nitrogens with one attached hydrogen (secondary N) is 2. The second-order valence-corrected chi connectivity index (χ2v) is 4.82. The molecule has 0 atom stereocenters. The van der Waals surface area contributed by atoms with Crippen molar-refractivity contribution in [2.45, 2.75) is 39.2 Å². The summed E-state index contributed by atoms with van der Waals surface area (Å²) in [6, 6.07) is 2.13. The summed E-state index contributed by atoms with van der Waals surface area (Å²) in [5.41, 5.74) is 1.31. The van der Waals surface area contributed by atoms with Crippen LogP contribution in [-0.2, 0) is 6.54 Å². The molecule has 3 nitrogen and oxygen atoms in total. The summed E-state index contributed by atoms with van der Waals surface area (Å²) < 4.78 is 0. The molecule has 0 unspecified atom stereocenters. The maximum Gasteiger partial charge on any atom is 0.191 e. The highest BCUT2D eigenvalue weighted by atomic mass is 32.1. The quantitative estimate of drug-likeness (QED) is 0.445. The fourth-order valence-corrected chi connectivity index (χ4v) is 2.23. The third-order valence-electron chi connectivity index (χ3n) is 2.59. The summed E-state index contributed by atoms with van der Waals surface area (Å²) >= 11 is 1.73. The molecule has 0 saturated carbocycles. The first kappa shape index (κ1) is 14.0. The zero-order valence-electron chi connectivity index (χ0n) is 10.8. The number of guanidine groups is 1. The highest BCUT2D eigenvalue weighted by Gasteiger charge is 1.97. The van der Waals surface area contributed by atoms with Crippen LogP contribution in [0.2, 0.25) is 0 Å². The molecule has 2 N–H and O–H groups in total. The third-order valence-corrected chi connectivity index (χ3v) is 3.32. The molecule has 1 rings (SSSR count). The zero-order chi connectivity index (χ0) is 12.3. The molecule has 1 aromatic heterocycles. The lowest BCUT2D eigenvalue weighted by molar-refractivity contribution is 0.647. The van der Waals surface area contributed by atoms with Gasteiger partial charge in [0.15, 0.2) is 5.96 Å². The van der Waals surface area contributed by atoms with Gasteiger partial charge in [-0.05, 0) is 28.8 Å². The van der Waals surface area contributed by atoms with Gasteiger partial charge in [-0.2, -0.15) is 11.3 Å². The molecule has 0 radical (unpaired) electrons. The minimum Gasteiger partial charge on any atom is -0.356 e. The number of hydrogen-bond acceptors (Lipinski definition) is 2. The average Bonchev–Trinajstić information content (AvgIpc) is 2.86. The molecule has 17 heavy (non-hydrogen) atoms. The number of rotatable bonds is 7. The molecular formula is C13H23N3S. The van der Waals surface area contributed by atoms with Gasteiger partial charge in [-0.15, -0.1) is 0 Å². The third kappa shape index (κ3) is 6.31. The summed E-state index contributed by atoms with van der Waals surface area (Å²) in [6.07, 6.45) is 5.12. The van der Waals surface area contributed by atoms with Crippen molar-refractivity contribution in [2.75, 3.05) is 13.6 Å². The molecule has 4 heteroatoms. The van der Waals surface area contributed by atoms with Crippen LogP contribution in [0.1, 0.15) is 38.2 Å². The van der Waals surface area contributed by atoms with Gasteiger partial charge in [-0.25, -0.2) is 0 Å². The number of hydrogen-bond donors (Lipinski definition) is 2. The van der Waals surface area contributed by atoms with Crippen molar-refractivity contribution in [3.05, 3.63) is 22.4 Å². The maximum atomic E-state index is 4.20. The summed E-state index contributed by atoms with van der Waals surface area (Å²) in [5.74, 6) is 0.896. The first-order chi connectivity index (χ1) is 8.36. The predicted octanol–water partition coefficient (Wildman–Crippen LogP) is 2.99. The fraction of sp³-hybridized carbons (Fsp3) is 0.615. The molecule has 0 aliphatic carbocycles. The van der Waals surface area contributed by atoms with Crippen LogP contribution < -0.4 is 10.6 Å². The fourth-order valence-electron chi connectivity index (χ4n) is 1.56. The van der Waals surface area contributed by atoms with E-state index in [0.717, 1.165) is 19.0 Å². The van der Waals surface area contributed by atoms with Crippen LogP contribution in [-0.4, -0.2) is 19.6 Å². The van der Waals surface area contributed by atoms with Crippen LogP contribution in [0.25, 0.3) is 0 Å². The van der Waals surface area contributed by atoms with Crippen LogP contribution in [0.3, 0.4) is 0 Å². The number of nitrogens with zero attached hydrogens (tertiary/aromatic N) is 1. The standard InChI is InChI=1S/C13H23N3S/c1-3-4-5-6-8-15-13(14-2)16-10-12-7-9-17-11-12/h7,9,11H,3-6,8,10H2,1-2H3,(H2,14,15,16). The van der Waals surface area contributed by atoms with Gasteiger partial charge < -0.3 is 10.6 Å². The molecule has 0 aliphatic rings. The van der Waals surface area contributed by atoms with Gasteiger partial charge >= 0.3 is 0 Å². The predicted molar refractivity (Wildman–Crippen MR) is 76.7 cm³/mol. The Labute approximate surface area is 108 Å². The van der Waals surface area contributed by atoms with E-state index >= 15 is 0 Å². The zero-order valence-corrected chi connectivity index (χ0v) is 11.6. The molecule has 0 fully saturated rings. The smallest absolute Gasteiger partial charge is 0.191 e. The lowest BCUT2D eigenvalue weighted by Crippen LogP contribution is -2.37. The Morgan fingerprint density at radius 1 is 1.29 bits per heavy atom. The Kier molecular flexibility index (Phi) is 7.47. The molecule has 0 aliphatic heterocycles. The van der Waals surface area contributed by atoms with E-state index in [2.05, 4.69) is 39.4 Å². The highest BCUT2D eigenvalue weighted by molar-refractivity contribution is 7.07. The lowest BCUT2D eigenvalue weighted by atomic mass is 10.2. The average molecular weight is 253 g/mol. The van der Waals surface area contributed by atoms with Gasteiger partial charge in [0, 0.05) is 20.1 Å². The monoisotopic (exact) mass is 253 g/mol. The van der Waals surface area contributed by atoms with Crippen molar-refractivity contribution in [1.82, 2.24) is 10.6 Å². The summed E-state index contributed by atoms with van der Waals surface area (Å²) in [7, 11) is 1.81. The van der Waals surface area contributed by atoms with E-state index < -0.39 is 0 Å². The largest absolute Gasteiger partial charge is 0.356 e. The van der Waals surface area contributed by atoms with Crippen LogP contribution >= 0.6 is 11.3 Å². The first-order valence-electron chi connectivity index (χ1n) is 6.32. The number of aliphatic imine (C=N–C) groups is 1. The lowest BCUT2D eigenvalue weighted by Gasteiger charge is -2.10. The van der Waals surface area contributed by atoms with E-state index in [1.807, 2.05) is 7.05 Å². The minimum atomic E-state index is 0.845. The second kappa shape index (κ2) is 9.05. The van der Waals surface area contributed by atoms with Crippen molar-refractivity contribution < 1.29 is 0 Å². The van der Waals surface area contributed by atoms with Crippen LogP contribution in [0.5, 0.6) is 0 Å². The van der Waals surface area contributed by atoms with Crippen molar-refractivity contribution in [1.29, 1.82) is 0 Å². The van der Waals surface area contributed by atoms with E-state index in [9.17, 15) is 0 Å². The summed E-state index contributed by atoms with van der Waals surface area (Å²) in [6.45, 7) is 4.08. The number of thiophene rings is 1. The highest BCUT2D eigenvalue weighted by Crippen LogP contribution is 2.04. The van der Waals surface area contributed by atoms with Crippen molar-refractivity contribution in [3.8, 4) is 0 Å². The molecule has 1 aromatic rings. The van der Waals surface area contributed by atoms with Crippen molar-refractivity contribution in [2.24, 2.45) is 4.99 Å². The maximum absolute atomic E-state index is 4.20. The van der Waals surface area contributed by atoms with Gasteiger partial charge in [-0.3, -0.25) is 4.99 Å². The van der Waals surface area contributed by atoms with E-state index in [4.69, 9.17) is 0 Å². The van der Waals surface area contributed by atoms with E-state index in [1.165, 1.54) is 31.2 Å². The Balaban J connectivity index is 2.12. The van der Waals surface area contributed by atoms with Crippen LogP contribution in [0.15, 0.2) is 21.8 Å². The van der Waals surface area contributed by atoms with Crippen LogP contribution in [0.4, 0.5) is 0 Å². The van der Waals surface area contributed by atoms with Gasteiger partial charge in [-0.1, -0.05) is 26.2 Å². The minimum absolute atomic E-state index is 0.845. The number of unbranched alkanes of at least 4 members (excludes halogenated alkanes) is 3. The normalized spacial score (nSPS) is 11.5. The molecule has 1 heterocycles. The second-order valence-electron chi connectivity index (χ2n) is 4.04. The van der Waals surface area contributed by atoms with Crippen molar-refractivity contribution >= 4 is 17.3 Å². The molecule has 0 aromatic carbocycles. The Bertz CT molecular complexity index is 306. The van der Waals surface area contributed by atoms with E-state index in [-0.39, 0.29) is 0 Å². The molecule has 96 valence electrons. The molecular weight excluding hydrogens is 230 g/mol. The van der Waals surface area contributed by atoms with Gasteiger partial charge in [0.05, 0.1) is 0 Å².